The van der Waals surface area contributed by atoms with E-state index in [1.54, 1.807) is 17.0 Å². The standard InChI is InChI=1S/C19H19N7.H2S/c1-13(16-11-25-26-7-3-6-20-19(16)26)9-22-18-8-17(23-12-24-18)15-5-4-14(2)21-10-15;/h3-8,10-13H,9H2,1-2H3,(H,22,23,24);1H2/t13-;/m1./s1. The second-order valence-electron chi connectivity index (χ2n) is 6.25. The van der Waals surface area contributed by atoms with Gasteiger partial charge in [0, 0.05) is 53.9 Å². The summed E-state index contributed by atoms with van der Waals surface area (Å²) in [5, 5.41) is 7.73. The summed E-state index contributed by atoms with van der Waals surface area (Å²) >= 11 is 0. The van der Waals surface area contributed by atoms with E-state index in [-0.39, 0.29) is 19.4 Å². The highest BCUT2D eigenvalue weighted by Gasteiger charge is 2.13. The third-order valence-electron chi connectivity index (χ3n) is 4.30. The van der Waals surface area contributed by atoms with E-state index in [2.05, 4.69) is 37.3 Å². The van der Waals surface area contributed by atoms with Crippen molar-refractivity contribution >= 4 is 25.0 Å². The molecule has 138 valence electrons. The number of aryl methyl sites for hydroxylation is 1. The minimum absolute atomic E-state index is 0. The quantitative estimate of drug-likeness (QED) is 0.573. The Labute approximate surface area is 164 Å². The SMILES string of the molecule is Cc1ccc(-c2cc(NC[C@@H](C)c3cnn4cccnc34)ncn2)cn1.S. The molecule has 4 aromatic rings. The van der Waals surface area contributed by atoms with Crippen LogP contribution in [-0.2, 0) is 0 Å². The fourth-order valence-corrected chi connectivity index (χ4v) is 2.79. The van der Waals surface area contributed by atoms with E-state index in [0.29, 0.717) is 0 Å². The predicted molar refractivity (Wildman–Crippen MR) is 110 cm³/mol. The molecule has 0 bridgehead atoms. The zero-order valence-electron chi connectivity index (χ0n) is 15.2. The van der Waals surface area contributed by atoms with Crippen LogP contribution in [0.15, 0.2) is 55.4 Å². The van der Waals surface area contributed by atoms with Gasteiger partial charge in [0.05, 0.1) is 11.9 Å². The van der Waals surface area contributed by atoms with E-state index in [1.165, 1.54) is 0 Å². The smallest absolute Gasteiger partial charge is 0.158 e. The Morgan fingerprint density at radius 2 is 2.00 bits per heavy atom. The summed E-state index contributed by atoms with van der Waals surface area (Å²) in [4.78, 5) is 17.4. The Balaban J connectivity index is 0.00000210. The van der Waals surface area contributed by atoms with Crippen molar-refractivity contribution in [1.82, 2.24) is 29.5 Å². The molecule has 27 heavy (non-hydrogen) atoms. The van der Waals surface area contributed by atoms with Crippen molar-refractivity contribution in [1.29, 1.82) is 0 Å². The number of hydrogen-bond donors (Lipinski definition) is 1. The first-order valence-corrected chi connectivity index (χ1v) is 8.48. The van der Waals surface area contributed by atoms with Crippen molar-refractivity contribution in [2.24, 2.45) is 0 Å². The van der Waals surface area contributed by atoms with Crippen molar-refractivity contribution in [3.05, 3.63) is 66.6 Å². The van der Waals surface area contributed by atoms with Crippen LogP contribution in [0.1, 0.15) is 24.1 Å². The molecule has 4 aromatic heterocycles. The maximum Gasteiger partial charge on any atom is 0.158 e. The molecule has 0 aliphatic heterocycles. The Kier molecular flexibility index (Phi) is 5.66. The van der Waals surface area contributed by atoms with Gasteiger partial charge >= 0.3 is 0 Å². The minimum atomic E-state index is 0. The van der Waals surface area contributed by atoms with Gasteiger partial charge in [0.2, 0.25) is 0 Å². The number of pyridine rings is 1. The van der Waals surface area contributed by atoms with Crippen molar-refractivity contribution in [3.8, 4) is 11.3 Å². The molecule has 4 heterocycles. The van der Waals surface area contributed by atoms with Crippen LogP contribution >= 0.6 is 13.5 Å². The van der Waals surface area contributed by atoms with Crippen LogP contribution in [0.5, 0.6) is 0 Å². The zero-order chi connectivity index (χ0) is 17.9. The molecule has 1 N–H and O–H groups in total. The number of aromatic nitrogens is 6. The van der Waals surface area contributed by atoms with Crippen LogP contribution in [0.2, 0.25) is 0 Å². The average molecular weight is 379 g/mol. The second-order valence-corrected chi connectivity index (χ2v) is 6.25. The Morgan fingerprint density at radius 1 is 1.11 bits per heavy atom. The predicted octanol–water partition coefficient (Wildman–Crippen LogP) is 3.22. The van der Waals surface area contributed by atoms with Gasteiger partial charge in [-0.25, -0.2) is 19.5 Å². The molecular formula is C19H21N7S. The average Bonchev–Trinajstić information content (AvgIpc) is 3.11. The minimum Gasteiger partial charge on any atom is -0.369 e. The summed E-state index contributed by atoms with van der Waals surface area (Å²) in [6.45, 7) is 4.83. The van der Waals surface area contributed by atoms with E-state index in [1.807, 2.05) is 49.8 Å². The first-order chi connectivity index (χ1) is 12.7. The first-order valence-electron chi connectivity index (χ1n) is 8.48. The van der Waals surface area contributed by atoms with Crippen molar-refractivity contribution < 1.29 is 0 Å². The molecule has 0 aliphatic rings. The Hall–Kier alpha value is -3.00. The molecule has 0 radical (unpaired) electrons. The lowest BCUT2D eigenvalue weighted by Gasteiger charge is -2.12. The van der Waals surface area contributed by atoms with Gasteiger partial charge < -0.3 is 5.32 Å². The Bertz CT molecular complexity index is 1030. The van der Waals surface area contributed by atoms with Crippen LogP contribution in [0.25, 0.3) is 16.9 Å². The molecule has 0 amide bonds. The zero-order valence-corrected chi connectivity index (χ0v) is 16.2. The lowest BCUT2D eigenvalue weighted by atomic mass is 10.0. The molecule has 4 rings (SSSR count). The van der Waals surface area contributed by atoms with Crippen LogP contribution < -0.4 is 5.32 Å². The van der Waals surface area contributed by atoms with Gasteiger partial charge in [0.15, 0.2) is 5.65 Å². The topological polar surface area (TPSA) is 80.9 Å². The van der Waals surface area contributed by atoms with E-state index >= 15 is 0 Å². The molecule has 0 saturated carbocycles. The van der Waals surface area contributed by atoms with Gasteiger partial charge in [0.25, 0.3) is 0 Å². The van der Waals surface area contributed by atoms with Crippen LogP contribution in [0.3, 0.4) is 0 Å². The van der Waals surface area contributed by atoms with Gasteiger partial charge in [-0.3, -0.25) is 4.98 Å². The highest BCUT2D eigenvalue weighted by Crippen LogP contribution is 2.21. The highest BCUT2D eigenvalue weighted by atomic mass is 32.1. The highest BCUT2D eigenvalue weighted by molar-refractivity contribution is 7.59. The number of anilines is 1. The summed E-state index contributed by atoms with van der Waals surface area (Å²) in [6.07, 6.45) is 8.96. The maximum atomic E-state index is 4.42. The summed E-state index contributed by atoms with van der Waals surface area (Å²) in [5.74, 6) is 1.02. The monoisotopic (exact) mass is 379 g/mol. The lowest BCUT2D eigenvalue weighted by Crippen LogP contribution is -2.11. The summed E-state index contributed by atoms with van der Waals surface area (Å²) < 4.78 is 1.79. The van der Waals surface area contributed by atoms with Gasteiger partial charge in [0.1, 0.15) is 12.1 Å². The lowest BCUT2D eigenvalue weighted by molar-refractivity contribution is 0.805. The maximum absolute atomic E-state index is 4.42. The molecule has 0 aromatic carbocycles. The van der Waals surface area contributed by atoms with E-state index in [9.17, 15) is 0 Å². The molecule has 0 saturated heterocycles. The van der Waals surface area contributed by atoms with Crippen molar-refractivity contribution in [2.75, 3.05) is 11.9 Å². The first kappa shape index (κ1) is 18.8. The molecule has 8 heteroatoms. The molecule has 0 unspecified atom stereocenters. The third kappa shape index (κ3) is 4.06. The molecule has 1 atom stereocenters. The third-order valence-corrected chi connectivity index (χ3v) is 4.30. The van der Waals surface area contributed by atoms with Crippen LogP contribution in [0.4, 0.5) is 5.82 Å². The van der Waals surface area contributed by atoms with Gasteiger partial charge in [-0.2, -0.15) is 18.6 Å². The van der Waals surface area contributed by atoms with E-state index in [0.717, 1.165) is 40.5 Å². The number of nitrogens with one attached hydrogen (secondary N) is 1. The summed E-state index contributed by atoms with van der Waals surface area (Å²) in [7, 11) is 0. The molecule has 7 nitrogen and oxygen atoms in total. The summed E-state index contributed by atoms with van der Waals surface area (Å²) in [5.41, 5.74) is 4.80. The number of hydrogen-bond acceptors (Lipinski definition) is 6. The fraction of sp³-hybridized carbons (Fsp3) is 0.211. The molecule has 0 aliphatic carbocycles. The number of nitrogens with zero attached hydrogens (tertiary/aromatic N) is 6. The molecule has 0 fully saturated rings. The van der Waals surface area contributed by atoms with Crippen molar-refractivity contribution in [3.63, 3.8) is 0 Å². The largest absolute Gasteiger partial charge is 0.369 e. The van der Waals surface area contributed by atoms with Gasteiger partial charge in [-0.1, -0.05) is 6.92 Å². The van der Waals surface area contributed by atoms with Gasteiger partial charge in [-0.05, 0) is 25.1 Å². The van der Waals surface area contributed by atoms with E-state index < -0.39 is 0 Å². The van der Waals surface area contributed by atoms with Crippen LogP contribution in [0, 0.1) is 6.92 Å². The van der Waals surface area contributed by atoms with E-state index in [4.69, 9.17) is 0 Å². The number of fused-ring (bicyclic) bond motifs is 1. The summed E-state index contributed by atoms with van der Waals surface area (Å²) in [6, 6.07) is 7.80. The second kappa shape index (κ2) is 8.13. The fourth-order valence-electron chi connectivity index (χ4n) is 2.79. The number of rotatable bonds is 5. The van der Waals surface area contributed by atoms with Crippen LogP contribution in [-0.4, -0.2) is 36.1 Å². The van der Waals surface area contributed by atoms with Crippen molar-refractivity contribution in [2.45, 2.75) is 19.8 Å². The molecule has 0 spiro atoms. The van der Waals surface area contributed by atoms with Gasteiger partial charge in [-0.15, -0.1) is 0 Å². The normalized spacial score (nSPS) is 11.8. The Morgan fingerprint density at radius 3 is 2.81 bits per heavy atom. The molecular weight excluding hydrogens is 358 g/mol.